The topological polar surface area (TPSA) is 146 Å². The van der Waals surface area contributed by atoms with Crippen LogP contribution in [0.25, 0.3) is 11.2 Å². The minimum absolute atomic E-state index is 0.0521. The molecule has 0 spiro atoms. The van der Waals surface area contributed by atoms with Crippen LogP contribution in [0.15, 0.2) is 36.7 Å². The fourth-order valence-corrected chi connectivity index (χ4v) is 4.33. The minimum atomic E-state index is -1.46. The molecule has 0 saturated carbocycles. The Kier molecular flexibility index (Phi) is 6.78. The lowest BCUT2D eigenvalue weighted by Crippen LogP contribution is -2.46. The Bertz CT molecular complexity index is 1100. The Balaban J connectivity index is 1.66. The number of nitrogens with zero attached hydrogens (tertiary/aromatic N) is 5. The number of likely N-dealkylation sites (N-methyl/N-ethyl adjacent to an activating group) is 1. The van der Waals surface area contributed by atoms with Crippen LogP contribution < -0.4 is 5.32 Å². The van der Waals surface area contributed by atoms with Crippen molar-refractivity contribution in [3.05, 3.63) is 47.5 Å². The fourth-order valence-electron chi connectivity index (χ4n) is 3.46. The first kappa shape index (κ1) is 23.1. The maximum Gasteiger partial charge on any atom is 0.226 e. The predicted octanol–water partition coefficient (Wildman–Crippen LogP) is 1.05. The highest BCUT2D eigenvalue weighted by molar-refractivity contribution is 14.1. The second-order valence-corrected chi connectivity index (χ2v) is 8.82. The molecule has 3 aromatic rings. The molecule has 1 aromatic carbocycles. The van der Waals surface area contributed by atoms with E-state index in [2.05, 4.69) is 42.9 Å². The number of hydrogen-bond donors (Lipinski definition) is 4. The van der Waals surface area contributed by atoms with Crippen LogP contribution in [-0.4, -0.2) is 77.7 Å². The molecule has 1 aliphatic heterocycles. The average Bonchev–Trinajstić information content (AvgIpc) is 3.34. The van der Waals surface area contributed by atoms with Gasteiger partial charge in [0.2, 0.25) is 11.7 Å². The number of halogens is 2. The van der Waals surface area contributed by atoms with Crippen molar-refractivity contribution in [2.45, 2.75) is 34.8 Å². The Morgan fingerprint density at radius 1 is 1.28 bits per heavy atom. The van der Waals surface area contributed by atoms with Gasteiger partial charge in [-0.25, -0.2) is 4.98 Å². The summed E-state index contributed by atoms with van der Waals surface area (Å²) in [7, 11) is 1.33. The third-order valence-corrected chi connectivity index (χ3v) is 6.38. The minimum Gasteiger partial charge on any atom is -0.387 e. The van der Waals surface area contributed by atoms with Crippen LogP contribution in [0, 0.1) is 0 Å². The first-order chi connectivity index (χ1) is 15.3. The summed E-state index contributed by atoms with van der Waals surface area (Å²) >= 11 is 8.37. The number of amides is 1. The van der Waals surface area contributed by atoms with Crippen molar-refractivity contribution in [2.75, 3.05) is 12.4 Å². The van der Waals surface area contributed by atoms with Crippen LogP contribution in [0.4, 0.5) is 5.82 Å². The summed E-state index contributed by atoms with van der Waals surface area (Å²) in [6.45, 7) is 0. The van der Waals surface area contributed by atoms with Crippen molar-refractivity contribution in [3.8, 4) is 0 Å². The van der Waals surface area contributed by atoms with E-state index in [1.54, 1.807) is 0 Å². The molecule has 0 bridgehead atoms. The van der Waals surface area contributed by atoms with Gasteiger partial charge in [-0.15, -0.1) is 0 Å². The number of imidazole rings is 1. The van der Waals surface area contributed by atoms with Crippen LogP contribution in [0.1, 0.15) is 15.8 Å². The molecule has 6 atom stereocenters. The molecule has 0 radical (unpaired) electrons. The summed E-state index contributed by atoms with van der Waals surface area (Å²) in [5.74, 6) is 0.382. The summed E-state index contributed by atoms with van der Waals surface area (Å²) in [6, 6.07) is 9.71. The number of ether oxygens (including phenoxy) is 1. The van der Waals surface area contributed by atoms with Gasteiger partial charge in [-0.2, -0.15) is 9.97 Å². The van der Waals surface area contributed by atoms with Gasteiger partial charge >= 0.3 is 0 Å². The number of alkyl halides is 1. The lowest BCUT2D eigenvalue weighted by molar-refractivity contribution is -0.149. The Labute approximate surface area is 201 Å². The van der Waals surface area contributed by atoms with Gasteiger partial charge in [0.05, 0.1) is 6.33 Å². The molecule has 170 valence electrons. The Hall–Kier alpha value is -2.10. The molecule has 32 heavy (non-hydrogen) atoms. The van der Waals surface area contributed by atoms with E-state index in [4.69, 9.17) is 16.3 Å². The maximum atomic E-state index is 11.0. The van der Waals surface area contributed by atoms with Crippen molar-refractivity contribution in [1.82, 2.24) is 24.4 Å². The first-order valence-electron chi connectivity index (χ1n) is 9.54. The van der Waals surface area contributed by atoms with E-state index < -0.39 is 30.8 Å². The molecule has 0 aliphatic carbocycles. The van der Waals surface area contributed by atoms with Crippen molar-refractivity contribution in [1.29, 1.82) is 0 Å². The van der Waals surface area contributed by atoms with E-state index >= 15 is 0 Å². The van der Waals surface area contributed by atoms with Gasteiger partial charge in [0.25, 0.3) is 0 Å². The summed E-state index contributed by atoms with van der Waals surface area (Å²) in [5, 5.41) is 34.4. The number of aliphatic hydroxyl groups is 3. The number of hydrogen-bond acceptors (Lipinski definition) is 9. The highest BCUT2D eigenvalue weighted by Gasteiger charge is 2.48. The van der Waals surface area contributed by atoms with Crippen LogP contribution in [0.3, 0.4) is 0 Å². The highest BCUT2D eigenvalue weighted by atomic mass is 127. The molecule has 3 heterocycles. The first-order valence-corrected chi connectivity index (χ1v) is 11.2. The van der Waals surface area contributed by atoms with Crippen molar-refractivity contribution < 1.29 is 24.9 Å². The van der Waals surface area contributed by atoms with E-state index in [9.17, 15) is 20.1 Å². The Morgan fingerprint density at radius 2 is 2.00 bits per heavy atom. The molecule has 2 unspecified atom stereocenters. The van der Waals surface area contributed by atoms with Crippen LogP contribution in [-0.2, 0) is 9.53 Å². The lowest BCUT2D eigenvalue weighted by Gasteiger charge is -2.26. The van der Waals surface area contributed by atoms with Gasteiger partial charge in [-0.1, -0.05) is 52.9 Å². The summed E-state index contributed by atoms with van der Waals surface area (Å²) in [6.07, 6.45) is -4.93. The van der Waals surface area contributed by atoms with Gasteiger partial charge in [0.1, 0.15) is 22.4 Å². The number of carbonyl (C=O) groups is 1. The number of rotatable bonds is 7. The summed E-state index contributed by atoms with van der Waals surface area (Å²) < 4.78 is 6.97. The van der Waals surface area contributed by atoms with E-state index in [1.165, 1.54) is 17.9 Å². The molecule has 1 amide bonds. The Morgan fingerprint density at radius 3 is 2.69 bits per heavy atom. The molecule has 4 rings (SSSR count). The number of fused-ring (bicyclic) bond motifs is 1. The molecule has 13 heteroatoms. The van der Waals surface area contributed by atoms with Crippen molar-refractivity contribution in [3.63, 3.8) is 0 Å². The zero-order chi connectivity index (χ0) is 23.0. The standard InChI is InChI=1S/C19H20ClIN6O5/c1-26(8-28)17(31)13-11(29)12(30)18(32-13)27-7-22-10-15(24-19(20)25-16(10)27)23-14(21)9-5-3-2-4-6-9/h2-8,11-14,17-18,29-31H,1H3,(H,23,24,25)/t11-,12+,13-,14?,17?,18+/m0/s1. The number of aromatic nitrogens is 4. The second-order valence-electron chi connectivity index (χ2n) is 7.24. The van der Waals surface area contributed by atoms with Crippen LogP contribution in [0.5, 0.6) is 0 Å². The zero-order valence-corrected chi connectivity index (χ0v) is 19.6. The lowest BCUT2D eigenvalue weighted by atomic mass is 10.1. The molecular formula is C19H20ClIN6O5. The largest absolute Gasteiger partial charge is 0.387 e. The van der Waals surface area contributed by atoms with E-state index in [-0.39, 0.29) is 15.0 Å². The molecule has 1 saturated heterocycles. The second kappa shape index (κ2) is 9.41. The highest BCUT2D eigenvalue weighted by Crippen LogP contribution is 2.35. The third-order valence-electron chi connectivity index (χ3n) is 5.18. The molecule has 4 N–H and O–H groups in total. The van der Waals surface area contributed by atoms with Gasteiger partial charge < -0.3 is 30.3 Å². The average molecular weight is 575 g/mol. The number of benzene rings is 1. The van der Waals surface area contributed by atoms with E-state index in [0.717, 1.165) is 10.5 Å². The molecule has 11 nitrogen and oxygen atoms in total. The van der Waals surface area contributed by atoms with Gasteiger partial charge in [0.15, 0.2) is 29.4 Å². The quantitative estimate of drug-likeness (QED) is 0.0812. The smallest absolute Gasteiger partial charge is 0.226 e. The SMILES string of the molecule is CN(C=O)C(O)[C@H]1O[C@@H](n2cnc3c(NC(I)c4ccccc4)nc(Cl)nc32)[C@H](O)[C@@H]1O. The van der Waals surface area contributed by atoms with Gasteiger partial charge in [0, 0.05) is 7.05 Å². The number of anilines is 1. The molecule has 1 aliphatic rings. The molecule has 2 aromatic heterocycles. The zero-order valence-electron chi connectivity index (χ0n) is 16.7. The number of carbonyl (C=O) groups excluding carboxylic acids is 1. The predicted molar refractivity (Wildman–Crippen MR) is 123 cm³/mol. The molecular weight excluding hydrogens is 555 g/mol. The summed E-state index contributed by atoms with van der Waals surface area (Å²) in [4.78, 5) is 24.7. The van der Waals surface area contributed by atoms with Crippen LogP contribution in [0.2, 0.25) is 5.28 Å². The van der Waals surface area contributed by atoms with Crippen LogP contribution >= 0.6 is 34.2 Å². The molecule has 1 fully saturated rings. The van der Waals surface area contributed by atoms with E-state index in [1.807, 2.05) is 30.3 Å². The van der Waals surface area contributed by atoms with Gasteiger partial charge in [-0.3, -0.25) is 9.36 Å². The third kappa shape index (κ3) is 4.25. The van der Waals surface area contributed by atoms with E-state index in [0.29, 0.717) is 17.7 Å². The fraction of sp³-hybridized carbons (Fsp3) is 0.368. The monoisotopic (exact) mass is 574 g/mol. The summed E-state index contributed by atoms with van der Waals surface area (Å²) in [5.41, 5.74) is 1.66. The number of aliphatic hydroxyl groups excluding tert-OH is 3. The maximum absolute atomic E-state index is 11.0. The van der Waals surface area contributed by atoms with Crippen molar-refractivity contribution >= 4 is 57.6 Å². The van der Waals surface area contributed by atoms with Crippen molar-refractivity contribution in [2.24, 2.45) is 0 Å². The normalized spacial score (nSPS) is 24.9. The van der Waals surface area contributed by atoms with Gasteiger partial charge in [-0.05, 0) is 17.2 Å². The number of nitrogens with one attached hydrogen (secondary N) is 1.